The van der Waals surface area contributed by atoms with Crippen LogP contribution in [0.4, 0.5) is 0 Å². The summed E-state index contributed by atoms with van der Waals surface area (Å²) in [5.74, 6) is 0. The van der Waals surface area contributed by atoms with Crippen molar-refractivity contribution in [2.24, 2.45) is 0 Å². The van der Waals surface area contributed by atoms with E-state index >= 15 is 0 Å². The summed E-state index contributed by atoms with van der Waals surface area (Å²) in [7, 11) is 12.3. The predicted molar refractivity (Wildman–Crippen MR) is 245 cm³/mol. The molecule has 7 aliphatic rings. The maximum absolute atomic E-state index is 6.21. The standard InChI is InChI=1S/2C18H33P.C13H8.2ClH.Ru/c2*1-4-10-16(11-5-1)19(17-12-6-2-7-13-17)18-14-8-3-9-15-18;1-3-7-12-10(5-1)9-11-6-2-4-8-13(11)12;;;/h2*16-18H,1-15H2;1-8H;2*1H;/q;;;;;+2. The third-order valence-electron chi connectivity index (χ3n) is 15.2. The summed E-state index contributed by atoms with van der Waals surface area (Å²) in [6.07, 6.45) is 47.6. The Kier molecular flexibility index (Phi) is 17.8. The molecule has 2 aromatic carbocycles. The van der Waals surface area contributed by atoms with Crippen molar-refractivity contribution in [3.8, 4) is 11.1 Å². The van der Waals surface area contributed by atoms with Crippen LogP contribution in [0.3, 0.4) is 0 Å². The average Bonchev–Trinajstić information content (AvgIpc) is 3.59. The Morgan fingerprint density at radius 2 is 0.519 bits per heavy atom. The van der Waals surface area contributed by atoms with Crippen molar-refractivity contribution in [2.75, 3.05) is 0 Å². The van der Waals surface area contributed by atoms with Crippen LogP contribution in [0.5, 0.6) is 0 Å². The molecule has 6 fully saturated rings. The van der Waals surface area contributed by atoms with Gasteiger partial charge in [0.15, 0.2) is 0 Å². The van der Waals surface area contributed by atoms with E-state index in [1.54, 1.807) is 193 Å². The molecule has 9 rings (SSSR count). The van der Waals surface area contributed by atoms with Gasteiger partial charge in [-0.3, -0.25) is 0 Å². The van der Waals surface area contributed by atoms with E-state index in [1.165, 1.54) is 60.3 Å². The van der Waals surface area contributed by atoms with Crippen molar-refractivity contribution in [3.05, 3.63) is 59.7 Å². The second-order valence-electron chi connectivity index (χ2n) is 18.6. The Morgan fingerprint density at radius 3 is 0.722 bits per heavy atom. The minimum absolute atomic E-state index is 0.0465. The van der Waals surface area contributed by atoms with Gasteiger partial charge >= 0.3 is 108 Å². The van der Waals surface area contributed by atoms with Gasteiger partial charge in [-0.05, 0) is 154 Å². The normalized spacial score (nSPS) is 24.3. The van der Waals surface area contributed by atoms with Gasteiger partial charge in [0, 0.05) is 15.8 Å². The number of hydrogen-bond donors (Lipinski definition) is 0. The van der Waals surface area contributed by atoms with E-state index in [-0.39, 0.29) is 15.8 Å². The number of halogens is 2. The summed E-state index contributed by atoms with van der Waals surface area (Å²) < 4.78 is 1.17. The Bertz CT molecular complexity index is 1230. The molecule has 0 bridgehead atoms. The summed E-state index contributed by atoms with van der Waals surface area (Å²) in [6, 6.07) is 16.7. The van der Waals surface area contributed by atoms with Crippen LogP contribution in [0.15, 0.2) is 48.5 Å². The van der Waals surface area contributed by atoms with E-state index in [0.717, 1.165) is 0 Å². The second-order valence-corrected chi connectivity index (χ2v) is 31.2. The van der Waals surface area contributed by atoms with Crippen LogP contribution >= 0.6 is 35.2 Å². The number of rotatable bonds is 6. The molecular formula is C49H76Cl2P2Ru+2. The molecule has 2 aromatic rings. The van der Waals surface area contributed by atoms with Gasteiger partial charge in [-0.2, -0.15) is 0 Å². The van der Waals surface area contributed by atoms with Crippen LogP contribution in [-0.4, -0.2) is 38.1 Å². The Labute approximate surface area is 347 Å². The van der Waals surface area contributed by atoms with E-state index in [2.05, 4.69) is 36.4 Å². The second kappa shape index (κ2) is 22.7. The van der Waals surface area contributed by atoms with Crippen LogP contribution in [0, 0.1) is 0 Å². The zero-order chi connectivity index (χ0) is 37.0. The summed E-state index contributed by atoms with van der Waals surface area (Å²) in [5.41, 5.74) is 12.3. The summed E-state index contributed by atoms with van der Waals surface area (Å²) in [5, 5.41) is 0. The Morgan fingerprint density at radius 1 is 0.315 bits per heavy atom. The number of fused-ring (bicyclic) bond motifs is 3. The van der Waals surface area contributed by atoms with Crippen molar-refractivity contribution in [1.82, 2.24) is 0 Å². The van der Waals surface area contributed by atoms with Crippen molar-refractivity contribution in [1.29, 1.82) is 0 Å². The van der Waals surface area contributed by atoms with Gasteiger partial charge in [0.25, 0.3) is 0 Å². The van der Waals surface area contributed by atoms with E-state index in [1.807, 2.05) is 12.1 Å². The molecule has 0 aliphatic heterocycles. The van der Waals surface area contributed by atoms with Gasteiger partial charge in [0.2, 0.25) is 0 Å². The van der Waals surface area contributed by atoms with Crippen molar-refractivity contribution < 1.29 is 13.5 Å². The van der Waals surface area contributed by atoms with Crippen molar-refractivity contribution in [3.63, 3.8) is 0 Å². The molecule has 0 nitrogen and oxygen atoms in total. The molecule has 0 spiro atoms. The first-order chi connectivity index (χ1) is 26.7. The zero-order valence-electron chi connectivity index (χ0n) is 33.9. The molecule has 6 saturated carbocycles. The fourth-order valence-electron chi connectivity index (χ4n) is 12.7. The molecule has 0 atom stereocenters. The van der Waals surface area contributed by atoms with E-state index in [9.17, 15) is 0 Å². The predicted octanol–water partition coefficient (Wildman–Crippen LogP) is 16.6. The molecule has 0 saturated heterocycles. The molecule has 0 N–H and O–H groups in total. The third-order valence-corrected chi connectivity index (χ3v) is 27.5. The van der Waals surface area contributed by atoms with E-state index in [0.29, 0.717) is 0 Å². The summed E-state index contributed by atoms with van der Waals surface area (Å²) in [6.45, 7) is 0. The van der Waals surface area contributed by atoms with Crippen LogP contribution in [-0.2, 0) is 13.5 Å². The van der Waals surface area contributed by atoms with Gasteiger partial charge < -0.3 is 0 Å². The molecule has 5 heteroatoms. The van der Waals surface area contributed by atoms with Crippen molar-refractivity contribution in [2.45, 2.75) is 227 Å². The van der Waals surface area contributed by atoms with Gasteiger partial charge in [0.1, 0.15) is 0 Å². The zero-order valence-corrected chi connectivity index (χ0v) is 39.2. The van der Waals surface area contributed by atoms with Crippen LogP contribution in [0.1, 0.15) is 204 Å². The van der Waals surface area contributed by atoms with Crippen molar-refractivity contribution >= 4 is 39.3 Å². The minimum atomic E-state index is -1.88. The SMILES string of the molecule is C1CCC([PH+](C2CCCCC2)C2CCCCC2)CC1.C1CCC([PH+](C2CCCCC2)C2CCCCC2)CC1.[Cl][Ru]([Cl])=[C]1c2ccccc2-c2ccccc21. The number of benzene rings is 2. The Hall–Kier alpha value is 0.373. The maximum atomic E-state index is 6.21. The molecule has 54 heavy (non-hydrogen) atoms. The topological polar surface area (TPSA) is 0 Å². The van der Waals surface area contributed by atoms with Crippen LogP contribution < -0.4 is 0 Å². The Balaban J connectivity index is 0.000000126. The molecule has 0 amide bonds. The van der Waals surface area contributed by atoms with Gasteiger partial charge in [-0.1, -0.05) is 38.5 Å². The fraction of sp³-hybridized carbons (Fsp3) is 0.735. The molecule has 0 radical (unpaired) electrons. The van der Waals surface area contributed by atoms with Gasteiger partial charge in [-0.25, -0.2) is 0 Å². The number of hydrogen-bond acceptors (Lipinski definition) is 0. The molecule has 302 valence electrons. The van der Waals surface area contributed by atoms with Gasteiger partial charge in [-0.15, -0.1) is 0 Å². The summed E-state index contributed by atoms with van der Waals surface area (Å²) in [4.78, 5) is 0. The van der Waals surface area contributed by atoms with E-state index < -0.39 is 13.5 Å². The van der Waals surface area contributed by atoms with Crippen LogP contribution in [0.2, 0.25) is 0 Å². The first-order valence-corrected chi connectivity index (χ1v) is 32.3. The monoisotopic (exact) mass is 898 g/mol. The molecule has 0 heterocycles. The first kappa shape index (κ1) is 42.5. The van der Waals surface area contributed by atoms with Gasteiger partial charge in [0.05, 0.1) is 34.0 Å². The molecule has 0 unspecified atom stereocenters. The van der Waals surface area contributed by atoms with Crippen LogP contribution in [0.25, 0.3) is 11.1 Å². The van der Waals surface area contributed by atoms with E-state index in [4.69, 9.17) is 19.4 Å². The first-order valence-electron chi connectivity index (χ1n) is 23.5. The summed E-state index contributed by atoms with van der Waals surface area (Å²) >= 11 is -1.88. The quantitative estimate of drug-likeness (QED) is 0.171. The molecule has 7 aliphatic carbocycles. The fourth-order valence-corrected chi connectivity index (χ4v) is 26.3. The average molecular weight is 899 g/mol. The molecule has 0 aromatic heterocycles. The molecular weight excluding hydrogens is 822 g/mol. The third kappa shape index (κ3) is 11.3.